The van der Waals surface area contributed by atoms with E-state index in [2.05, 4.69) is 5.32 Å². The Balaban J connectivity index is 2.19. The maximum absolute atomic E-state index is 11.7. The minimum Gasteiger partial charge on any atom is -0.480 e. The van der Waals surface area contributed by atoms with Crippen LogP contribution in [0.5, 0.6) is 0 Å². The van der Waals surface area contributed by atoms with E-state index >= 15 is 0 Å². The van der Waals surface area contributed by atoms with Gasteiger partial charge in [0.2, 0.25) is 0 Å². The molecule has 23 heavy (non-hydrogen) atoms. The number of rotatable bonds is 4. The zero-order valence-corrected chi connectivity index (χ0v) is 14.1. The first kappa shape index (κ1) is 17.6. The number of carboxylic acids is 1. The molecule has 1 aromatic carbocycles. The molecular formula is C14H18N2O5S2. The highest BCUT2D eigenvalue weighted by Crippen LogP contribution is 2.20. The molecule has 0 saturated carbocycles. The Morgan fingerprint density at radius 1 is 1.35 bits per heavy atom. The molecular weight excluding hydrogens is 340 g/mol. The molecule has 3 N–H and O–H groups in total. The van der Waals surface area contributed by atoms with Crippen LogP contribution in [0.3, 0.4) is 0 Å². The summed E-state index contributed by atoms with van der Waals surface area (Å²) in [5.74, 6) is -1.87. The molecule has 1 fully saturated rings. The first-order valence-corrected chi connectivity index (χ1v) is 9.15. The van der Waals surface area contributed by atoms with E-state index in [0.717, 1.165) is 5.56 Å². The van der Waals surface area contributed by atoms with Crippen LogP contribution in [-0.4, -0.2) is 64.8 Å². The predicted molar refractivity (Wildman–Crippen MR) is 90.2 cm³/mol. The summed E-state index contributed by atoms with van der Waals surface area (Å²) in [4.78, 5) is 12.3. The number of carbonyl (C=O) groups is 1. The third-order valence-corrected chi connectivity index (χ3v) is 5.60. The normalized spacial score (nSPS) is 22.5. The monoisotopic (exact) mass is 358 g/mol. The van der Waals surface area contributed by atoms with Crippen molar-refractivity contribution in [2.24, 2.45) is 0 Å². The van der Waals surface area contributed by atoms with Gasteiger partial charge in [-0.3, -0.25) is 4.79 Å². The van der Waals surface area contributed by atoms with Crippen LogP contribution in [0.1, 0.15) is 5.56 Å². The molecule has 1 aromatic rings. The van der Waals surface area contributed by atoms with Gasteiger partial charge in [-0.15, -0.1) is 0 Å². The third kappa shape index (κ3) is 4.63. The van der Waals surface area contributed by atoms with E-state index in [1.807, 2.05) is 19.1 Å². The van der Waals surface area contributed by atoms with Gasteiger partial charge in [-0.2, -0.15) is 0 Å². The lowest BCUT2D eigenvalue weighted by molar-refractivity contribution is -0.137. The van der Waals surface area contributed by atoms with Gasteiger partial charge in [-0.1, -0.05) is 17.7 Å². The van der Waals surface area contributed by atoms with Crippen molar-refractivity contribution in [3.63, 3.8) is 0 Å². The smallest absolute Gasteiger partial charge is 0.323 e. The molecule has 0 unspecified atom stereocenters. The second-order valence-corrected chi connectivity index (χ2v) is 8.07. The number of benzene rings is 1. The average molecular weight is 358 g/mol. The molecule has 1 heterocycles. The van der Waals surface area contributed by atoms with Crippen LogP contribution in [0.15, 0.2) is 24.3 Å². The van der Waals surface area contributed by atoms with Crippen molar-refractivity contribution < 1.29 is 23.4 Å². The Morgan fingerprint density at radius 3 is 2.43 bits per heavy atom. The number of hydrogen-bond acceptors (Lipinski definition) is 5. The number of aliphatic hydroxyl groups is 1. The molecule has 1 aliphatic heterocycles. The summed E-state index contributed by atoms with van der Waals surface area (Å²) in [5, 5.41) is 22.0. The second-order valence-electron chi connectivity index (χ2n) is 5.53. The highest BCUT2D eigenvalue weighted by Gasteiger charge is 2.41. The maximum Gasteiger partial charge on any atom is 0.323 e. The highest BCUT2D eigenvalue weighted by molar-refractivity contribution is 7.91. The fourth-order valence-corrected chi connectivity index (χ4v) is 4.54. The van der Waals surface area contributed by atoms with Gasteiger partial charge in [-0.05, 0) is 31.3 Å². The summed E-state index contributed by atoms with van der Waals surface area (Å²) >= 11 is 5.22. The van der Waals surface area contributed by atoms with E-state index in [-0.39, 0.29) is 16.6 Å². The van der Waals surface area contributed by atoms with E-state index < -0.39 is 34.5 Å². The first-order chi connectivity index (χ1) is 10.7. The number of anilines is 1. The van der Waals surface area contributed by atoms with E-state index in [9.17, 15) is 18.3 Å². The van der Waals surface area contributed by atoms with Crippen molar-refractivity contribution in [3.05, 3.63) is 29.8 Å². The average Bonchev–Trinajstić information content (AvgIpc) is 2.71. The molecule has 0 aliphatic carbocycles. The van der Waals surface area contributed by atoms with E-state index in [0.29, 0.717) is 5.69 Å². The van der Waals surface area contributed by atoms with Crippen LogP contribution in [-0.2, 0) is 14.6 Å². The van der Waals surface area contributed by atoms with Gasteiger partial charge in [0.15, 0.2) is 14.9 Å². The first-order valence-electron chi connectivity index (χ1n) is 6.92. The summed E-state index contributed by atoms with van der Waals surface area (Å²) in [6.07, 6.45) is -1.17. The Kier molecular flexibility index (Phi) is 5.23. The van der Waals surface area contributed by atoms with Crippen molar-refractivity contribution >= 4 is 38.8 Å². The molecule has 2 atom stereocenters. The number of aliphatic hydroxyl groups excluding tert-OH is 1. The second kappa shape index (κ2) is 6.81. The van der Waals surface area contributed by atoms with Gasteiger partial charge in [0.25, 0.3) is 0 Å². The zero-order chi connectivity index (χ0) is 17.2. The fourth-order valence-electron chi connectivity index (χ4n) is 2.43. The van der Waals surface area contributed by atoms with E-state index in [1.54, 1.807) is 12.1 Å². The lowest BCUT2D eigenvalue weighted by atomic mass is 10.2. The fraction of sp³-hybridized carbons (Fsp3) is 0.429. The number of sulfone groups is 1. The summed E-state index contributed by atoms with van der Waals surface area (Å²) in [6.45, 7) is 1.44. The number of aryl methyl sites for hydroxylation is 1. The molecule has 0 bridgehead atoms. The Hall–Kier alpha value is -1.71. The molecule has 2 rings (SSSR count). The molecule has 126 valence electrons. The number of hydrogen-bond donors (Lipinski definition) is 3. The molecule has 7 nitrogen and oxygen atoms in total. The van der Waals surface area contributed by atoms with E-state index in [1.165, 1.54) is 4.90 Å². The molecule has 0 aromatic heterocycles. The van der Waals surface area contributed by atoms with Crippen LogP contribution in [0.4, 0.5) is 5.69 Å². The lowest BCUT2D eigenvalue weighted by Gasteiger charge is -2.31. The van der Waals surface area contributed by atoms with E-state index in [4.69, 9.17) is 17.3 Å². The standard InChI is InChI=1S/C14H18N2O5S2/c1-9-2-4-10(5-3-9)15-14(22)16(6-13(18)19)11-7-23(20,21)8-12(11)17/h2-5,11-12,17H,6-8H2,1H3,(H,15,22)(H,18,19)/t11-,12+/m1/s1. The summed E-state index contributed by atoms with van der Waals surface area (Å²) in [5.41, 5.74) is 1.72. The molecule has 0 amide bonds. The summed E-state index contributed by atoms with van der Waals surface area (Å²) < 4.78 is 23.3. The number of nitrogens with zero attached hydrogens (tertiary/aromatic N) is 1. The Labute approximate surface area is 139 Å². The van der Waals surface area contributed by atoms with Crippen LogP contribution in [0.2, 0.25) is 0 Å². The maximum atomic E-state index is 11.7. The molecule has 1 aliphatic rings. The van der Waals surface area contributed by atoms with Crippen LogP contribution in [0, 0.1) is 6.92 Å². The highest BCUT2D eigenvalue weighted by atomic mass is 32.2. The van der Waals surface area contributed by atoms with Gasteiger partial charge in [0, 0.05) is 5.69 Å². The SMILES string of the molecule is Cc1ccc(NC(=S)N(CC(=O)O)[C@@H]2CS(=O)(=O)C[C@@H]2O)cc1. The van der Waals surface area contributed by atoms with Crippen LogP contribution < -0.4 is 5.32 Å². The van der Waals surface area contributed by atoms with Crippen molar-refractivity contribution in [2.45, 2.75) is 19.1 Å². The minimum atomic E-state index is -3.41. The Bertz CT molecular complexity index is 702. The van der Waals surface area contributed by atoms with Crippen LogP contribution >= 0.6 is 12.2 Å². The molecule has 0 spiro atoms. The number of thiocarbonyl (C=S) groups is 1. The number of nitrogens with one attached hydrogen (secondary N) is 1. The van der Waals surface area contributed by atoms with Crippen LogP contribution in [0.25, 0.3) is 0 Å². The van der Waals surface area contributed by atoms with Gasteiger partial charge < -0.3 is 20.4 Å². The van der Waals surface area contributed by atoms with Crippen molar-refractivity contribution in [3.8, 4) is 0 Å². The van der Waals surface area contributed by atoms with Gasteiger partial charge in [0.05, 0.1) is 23.7 Å². The minimum absolute atomic E-state index is 0.0670. The van der Waals surface area contributed by atoms with Crippen molar-refractivity contribution in [1.82, 2.24) is 4.90 Å². The van der Waals surface area contributed by atoms with Gasteiger partial charge in [0.1, 0.15) is 6.54 Å². The van der Waals surface area contributed by atoms with Crippen molar-refractivity contribution in [1.29, 1.82) is 0 Å². The quantitative estimate of drug-likeness (QED) is 0.657. The predicted octanol–water partition coefficient (Wildman–Crippen LogP) is 0.236. The molecule has 0 radical (unpaired) electrons. The lowest BCUT2D eigenvalue weighted by Crippen LogP contribution is -2.50. The topological polar surface area (TPSA) is 107 Å². The summed E-state index contributed by atoms with van der Waals surface area (Å²) in [7, 11) is -3.41. The third-order valence-electron chi connectivity index (χ3n) is 3.56. The van der Waals surface area contributed by atoms with Crippen molar-refractivity contribution in [2.75, 3.05) is 23.4 Å². The molecule has 9 heteroatoms. The largest absolute Gasteiger partial charge is 0.480 e. The van der Waals surface area contributed by atoms with Gasteiger partial charge >= 0.3 is 5.97 Å². The Morgan fingerprint density at radius 2 is 1.96 bits per heavy atom. The number of carboxylic acid groups (broad SMARTS) is 1. The molecule has 1 saturated heterocycles. The summed E-state index contributed by atoms with van der Waals surface area (Å²) in [6, 6.07) is 6.41. The number of aliphatic carboxylic acids is 1. The van der Waals surface area contributed by atoms with Gasteiger partial charge in [-0.25, -0.2) is 8.42 Å². The zero-order valence-electron chi connectivity index (χ0n) is 12.5.